The SMILES string of the molecule is CCCc1cc(N)nc(-c2ccc(OC)c(OC)c2)n1. The van der Waals surface area contributed by atoms with Gasteiger partial charge in [-0.3, -0.25) is 0 Å². The average Bonchev–Trinajstić information content (AvgIpc) is 2.46. The molecule has 1 aromatic carbocycles. The summed E-state index contributed by atoms with van der Waals surface area (Å²) in [5, 5.41) is 0. The van der Waals surface area contributed by atoms with Crippen LogP contribution in [0.1, 0.15) is 19.0 Å². The van der Waals surface area contributed by atoms with Crippen molar-refractivity contribution in [2.75, 3.05) is 20.0 Å². The van der Waals surface area contributed by atoms with E-state index in [-0.39, 0.29) is 0 Å². The lowest BCUT2D eigenvalue weighted by molar-refractivity contribution is 0.355. The van der Waals surface area contributed by atoms with Crippen LogP contribution in [0.2, 0.25) is 0 Å². The number of hydrogen-bond acceptors (Lipinski definition) is 5. The van der Waals surface area contributed by atoms with Crippen LogP contribution >= 0.6 is 0 Å². The van der Waals surface area contributed by atoms with Crippen LogP contribution in [-0.4, -0.2) is 24.2 Å². The molecule has 0 fully saturated rings. The van der Waals surface area contributed by atoms with Crippen molar-refractivity contribution < 1.29 is 9.47 Å². The third-order valence-corrected chi connectivity index (χ3v) is 2.95. The Kier molecular flexibility index (Phi) is 4.40. The van der Waals surface area contributed by atoms with Crippen molar-refractivity contribution in [2.45, 2.75) is 19.8 Å². The first kappa shape index (κ1) is 14.1. The van der Waals surface area contributed by atoms with E-state index >= 15 is 0 Å². The highest BCUT2D eigenvalue weighted by atomic mass is 16.5. The summed E-state index contributed by atoms with van der Waals surface area (Å²) >= 11 is 0. The second kappa shape index (κ2) is 6.23. The van der Waals surface area contributed by atoms with Gasteiger partial charge in [-0.25, -0.2) is 9.97 Å². The van der Waals surface area contributed by atoms with E-state index < -0.39 is 0 Å². The molecule has 2 aromatic rings. The van der Waals surface area contributed by atoms with Crippen LogP contribution in [0.3, 0.4) is 0 Å². The van der Waals surface area contributed by atoms with E-state index in [0.29, 0.717) is 23.1 Å². The molecule has 0 aliphatic carbocycles. The first-order valence-corrected chi connectivity index (χ1v) is 6.53. The van der Waals surface area contributed by atoms with Gasteiger partial charge in [0.15, 0.2) is 17.3 Å². The van der Waals surface area contributed by atoms with Crippen LogP contribution in [0.5, 0.6) is 11.5 Å². The minimum Gasteiger partial charge on any atom is -0.493 e. The number of nitrogen functional groups attached to an aromatic ring is 1. The van der Waals surface area contributed by atoms with Gasteiger partial charge in [0.1, 0.15) is 5.82 Å². The van der Waals surface area contributed by atoms with Crippen molar-refractivity contribution in [1.29, 1.82) is 0 Å². The fraction of sp³-hybridized carbons (Fsp3) is 0.333. The maximum Gasteiger partial charge on any atom is 0.161 e. The number of methoxy groups -OCH3 is 2. The van der Waals surface area contributed by atoms with Crippen molar-refractivity contribution in [3.63, 3.8) is 0 Å². The van der Waals surface area contributed by atoms with E-state index in [4.69, 9.17) is 15.2 Å². The van der Waals surface area contributed by atoms with Gasteiger partial charge in [-0.15, -0.1) is 0 Å². The quantitative estimate of drug-likeness (QED) is 0.907. The van der Waals surface area contributed by atoms with Crippen LogP contribution in [0.15, 0.2) is 24.3 Å². The number of ether oxygens (including phenoxy) is 2. The molecule has 0 amide bonds. The number of anilines is 1. The molecular weight excluding hydrogens is 254 g/mol. The molecule has 106 valence electrons. The van der Waals surface area contributed by atoms with Crippen molar-refractivity contribution in [2.24, 2.45) is 0 Å². The third-order valence-electron chi connectivity index (χ3n) is 2.95. The molecule has 0 bridgehead atoms. The zero-order valence-electron chi connectivity index (χ0n) is 12.0. The van der Waals surface area contributed by atoms with Gasteiger partial charge in [0, 0.05) is 17.3 Å². The Morgan fingerprint density at radius 1 is 1.05 bits per heavy atom. The van der Waals surface area contributed by atoms with Crippen molar-refractivity contribution in [3.8, 4) is 22.9 Å². The van der Waals surface area contributed by atoms with Gasteiger partial charge < -0.3 is 15.2 Å². The van der Waals surface area contributed by atoms with Crippen molar-refractivity contribution >= 4 is 5.82 Å². The van der Waals surface area contributed by atoms with Crippen molar-refractivity contribution in [3.05, 3.63) is 30.0 Å². The molecule has 1 heterocycles. The second-order valence-electron chi connectivity index (χ2n) is 4.43. The van der Waals surface area contributed by atoms with E-state index in [9.17, 15) is 0 Å². The summed E-state index contributed by atoms with van der Waals surface area (Å²) in [5.41, 5.74) is 7.65. The van der Waals surface area contributed by atoms with Crippen molar-refractivity contribution in [1.82, 2.24) is 9.97 Å². The number of rotatable bonds is 5. The fourth-order valence-corrected chi connectivity index (χ4v) is 2.01. The Morgan fingerprint density at radius 2 is 1.80 bits per heavy atom. The minimum absolute atomic E-state index is 0.480. The molecule has 0 saturated carbocycles. The zero-order chi connectivity index (χ0) is 14.5. The first-order chi connectivity index (χ1) is 9.67. The highest BCUT2D eigenvalue weighted by Gasteiger charge is 2.09. The first-order valence-electron chi connectivity index (χ1n) is 6.53. The number of aryl methyl sites for hydroxylation is 1. The smallest absolute Gasteiger partial charge is 0.161 e. The third kappa shape index (κ3) is 2.99. The number of aromatic nitrogens is 2. The highest BCUT2D eigenvalue weighted by Crippen LogP contribution is 2.31. The summed E-state index contributed by atoms with van der Waals surface area (Å²) in [6.45, 7) is 2.11. The van der Waals surface area contributed by atoms with Gasteiger partial charge in [-0.05, 0) is 24.6 Å². The predicted octanol–water partition coefficient (Wildman–Crippen LogP) is 2.70. The van der Waals surface area contributed by atoms with Gasteiger partial charge in [-0.2, -0.15) is 0 Å². The monoisotopic (exact) mass is 273 g/mol. The molecular formula is C15H19N3O2. The van der Waals surface area contributed by atoms with Crippen LogP contribution in [0.4, 0.5) is 5.82 Å². The Balaban J connectivity index is 2.45. The molecule has 0 saturated heterocycles. The highest BCUT2D eigenvalue weighted by molar-refractivity contribution is 5.62. The normalized spacial score (nSPS) is 10.3. The Hall–Kier alpha value is -2.30. The fourth-order valence-electron chi connectivity index (χ4n) is 2.01. The molecule has 0 spiro atoms. The number of nitrogens with two attached hydrogens (primary N) is 1. The lowest BCUT2D eigenvalue weighted by Gasteiger charge is -2.10. The van der Waals surface area contributed by atoms with E-state index in [1.807, 2.05) is 24.3 Å². The molecule has 1 aromatic heterocycles. The molecule has 20 heavy (non-hydrogen) atoms. The Bertz CT molecular complexity index is 600. The van der Waals surface area contributed by atoms with Gasteiger partial charge in [0.05, 0.1) is 14.2 Å². The van der Waals surface area contributed by atoms with Gasteiger partial charge >= 0.3 is 0 Å². The predicted molar refractivity (Wildman–Crippen MR) is 79.0 cm³/mol. The van der Waals surface area contributed by atoms with Crippen LogP contribution < -0.4 is 15.2 Å². The molecule has 0 unspecified atom stereocenters. The Labute approximate surface area is 118 Å². The maximum absolute atomic E-state index is 5.85. The molecule has 5 heteroatoms. The van der Waals surface area contributed by atoms with E-state index in [2.05, 4.69) is 16.9 Å². The number of hydrogen-bond donors (Lipinski definition) is 1. The molecule has 0 atom stereocenters. The molecule has 2 N–H and O–H groups in total. The number of nitrogens with zero attached hydrogens (tertiary/aromatic N) is 2. The van der Waals surface area contributed by atoms with Gasteiger partial charge in [0.2, 0.25) is 0 Å². The zero-order valence-corrected chi connectivity index (χ0v) is 12.0. The molecule has 5 nitrogen and oxygen atoms in total. The summed E-state index contributed by atoms with van der Waals surface area (Å²) in [6.07, 6.45) is 1.90. The Morgan fingerprint density at radius 3 is 2.45 bits per heavy atom. The standard InChI is InChI=1S/C15H19N3O2/c1-4-5-11-9-14(16)18-15(17-11)10-6-7-12(19-2)13(8-10)20-3/h6-9H,4-5H2,1-3H3,(H2,16,17,18). The minimum atomic E-state index is 0.480. The molecule has 0 aliphatic heterocycles. The summed E-state index contributed by atoms with van der Waals surface area (Å²) in [4.78, 5) is 8.82. The summed E-state index contributed by atoms with van der Waals surface area (Å²) in [6, 6.07) is 7.39. The summed E-state index contributed by atoms with van der Waals surface area (Å²) < 4.78 is 10.5. The average molecular weight is 273 g/mol. The molecule has 0 aliphatic rings. The topological polar surface area (TPSA) is 70.3 Å². The van der Waals surface area contributed by atoms with E-state index in [1.165, 1.54) is 0 Å². The summed E-state index contributed by atoms with van der Waals surface area (Å²) in [7, 11) is 3.21. The van der Waals surface area contributed by atoms with E-state index in [1.54, 1.807) is 14.2 Å². The molecule has 2 rings (SSSR count). The largest absolute Gasteiger partial charge is 0.493 e. The van der Waals surface area contributed by atoms with Crippen LogP contribution in [0.25, 0.3) is 11.4 Å². The van der Waals surface area contributed by atoms with Crippen LogP contribution in [0, 0.1) is 0 Å². The maximum atomic E-state index is 5.85. The second-order valence-corrected chi connectivity index (χ2v) is 4.43. The lowest BCUT2D eigenvalue weighted by Crippen LogP contribution is -2.00. The lowest BCUT2D eigenvalue weighted by atomic mass is 10.1. The van der Waals surface area contributed by atoms with Crippen LogP contribution in [-0.2, 0) is 6.42 Å². The van der Waals surface area contributed by atoms with Gasteiger partial charge in [0.25, 0.3) is 0 Å². The number of benzene rings is 1. The molecule has 0 radical (unpaired) electrons. The summed E-state index contributed by atoms with van der Waals surface area (Å²) in [5.74, 6) is 2.41. The van der Waals surface area contributed by atoms with Gasteiger partial charge in [-0.1, -0.05) is 13.3 Å². The van der Waals surface area contributed by atoms with E-state index in [0.717, 1.165) is 24.1 Å².